The molecule has 1 heteroatoms. The van der Waals surface area contributed by atoms with E-state index in [1.54, 1.807) is 6.92 Å². The molecule has 0 spiro atoms. The van der Waals surface area contributed by atoms with Gasteiger partial charge in [-0.05, 0) is 44.1 Å². The van der Waals surface area contributed by atoms with E-state index < -0.39 is 0 Å². The van der Waals surface area contributed by atoms with Gasteiger partial charge in [0.2, 0.25) is 0 Å². The van der Waals surface area contributed by atoms with Gasteiger partial charge in [-0.1, -0.05) is 33.3 Å². The zero-order valence-corrected chi connectivity index (χ0v) is 10.1. The molecular weight excluding hydrogens is 172 g/mol. The van der Waals surface area contributed by atoms with Gasteiger partial charge in [-0.3, -0.25) is 4.79 Å². The van der Waals surface area contributed by atoms with Crippen molar-refractivity contribution in [3.05, 3.63) is 11.6 Å². The monoisotopic (exact) mass is 196 g/mol. The Morgan fingerprint density at radius 3 is 2.43 bits per heavy atom. The molecule has 14 heavy (non-hydrogen) atoms. The second-order valence-corrected chi connectivity index (χ2v) is 4.36. The molecule has 1 nitrogen and oxygen atoms in total. The number of allylic oxidation sites excluding steroid dienone is 2. The zero-order chi connectivity index (χ0) is 11.0. The van der Waals surface area contributed by atoms with E-state index in [0.717, 1.165) is 37.2 Å². The van der Waals surface area contributed by atoms with Crippen LogP contribution < -0.4 is 0 Å². The number of unbranched alkanes of at least 4 members (excludes halogenated alkanes) is 1. The quantitative estimate of drug-likeness (QED) is 0.560. The average Bonchev–Trinajstić information content (AvgIpc) is 2.09. The van der Waals surface area contributed by atoms with E-state index in [0.29, 0.717) is 0 Å². The lowest BCUT2D eigenvalue weighted by molar-refractivity contribution is -0.113. The highest BCUT2D eigenvalue weighted by Gasteiger charge is 2.02. The van der Waals surface area contributed by atoms with E-state index in [1.165, 1.54) is 6.42 Å². The molecule has 82 valence electrons. The maximum Gasteiger partial charge on any atom is 0.155 e. The fraction of sp³-hybridized carbons (Fsp3) is 0.769. The smallest absolute Gasteiger partial charge is 0.155 e. The van der Waals surface area contributed by atoms with Gasteiger partial charge < -0.3 is 0 Å². The fourth-order valence-electron chi connectivity index (χ4n) is 1.38. The Morgan fingerprint density at radius 2 is 2.00 bits per heavy atom. The van der Waals surface area contributed by atoms with Crippen molar-refractivity contribution in [1.29, 1.82) is 0 Å². The van der Waals surface area contributed by atoms with Crippen LogP contribution in [0.3, 0.4) is 0 Å². The molecule has 0 aromatic rings. The number of ketones is 1. The maximum atomic E-state index is 11.3. The van der Waals surface area contributed by atoms with Gasteiger partial charge in [-0.25, -0.2) is 0 Å². The second kappa shape index (κ2) is 7.78. The van der Waals surface area contributed by atoms with Crippen LogP contribution in [0.2, 0.25) is 0 Å². The zero-order valence-electron chi connectivity index (χ0n) is 10.1. The van der Waals surface area contributed by atoms with Crippen LogP contribution in [0.4, 0.5) is 0 Å². The Kier molecular flexibility index (Phi) is 7.45. The summed E-state index contributed by atoms with van der Waals surface area (Å²) in [6, 6.07) is 0. The standard InChI is InChI=1S/C13H24O/c1-5-6-9-13(12(4)14)10-7-8-11(2)3/h10-11H,5-9H2,1-4H3/b13-10-. The predicted octanol–water partition coefficient (Wildman–Crippen LogP) is 4.13. The topological polar surface area (TPSA) is 17.1 Å². The summed E-state index contributed by atoms with van der Waals surface area (Å²) in [5, 5.41) is 0. The first-order chi connectivity index (χ1) is 6.57. The fourth-order valence-corrected chi connectivity index (χ4v) is 1.38. The Hall–Kier alpha value is -0.590. The second-order valence-electron chi connectivity index (χ2n) is 4.36. The third-order valence-corrected chi connectivity index (χ3v) is 2.39. The van der Waals surface area contributed by atoms with Gasteiger partial charge in [0.15, 0.2) is 5.78 Å². The number of hydrogen-bond donors (Lipinski definition) is 0. The minimum Gasteiger partial charge on any atom is -0.295 e. The van der Waals surface area contributed by atoms with E-state index in [1.807, 2.05) is 0 Å². The lowest BCUT2D eigenvalue weighted by Crippen LogP contribution is -1.97. The molecule has 0 atom stereocenters. The molecule has 0 bridgehead atoms. The summed E-state index contributed by atoms with van der Waals surface area (Å²) < 4.78 is 0. The number of hydrogen-bond acceptors (Lipinski definition) is 1. The number of Topliss-reactive ketones (excluding diaryl/α,β-unsaturated/α-hetero) is 1. The predicted molar refractivity (Wildman–Crippen MR) is 62.4 cm³/mol. The molecule has 0 aliphatic carbocycles. The summed E-state index contributed by atoms with van der Waals surface area (Å²) in [6.45, 7) is 8.27. The first-order valence-electron chi connectivity index (χ1n) is 5.77. The highest BCUT2D eigenvalue weighted by molar-refractivity contribution is 5.93. The third kappa shape index (κ3) is 6.88. The summed E-state index contributed by atoms with van der Waals surface area (Å²) in [4.78, 5) is 11.3. The number of carbonyl (C=O) groups is 1. The van der Waals surface area contributed by atoms with E-state index in [-0.39, 0.29) is 5.78 Å². The minimum absolute atomic E-state index is 0.252. The molecule has 0 N–H and O–H groups in total. The molecule has 0 saturated carbocycles. The lowest BCUT2D eigenvalue weighted by atomic mass is 10.0. The molecule has 0 amide bonds. The molecule has 0 aromatic heterocycles. The maximum absolute atomic E-state index is 11.3. The van der Waals surface area contributed by atoms with Crippen molar-refractivity contribution in [3.63, 3.8) is 0 Å². The van der Waals surface area contributed by atoms with Crippen LogP contribution in [0.25, 0.3) is 0 Å². The van der Waals surface area contributed by atoms with Gasteiger partial charge in [0.05, 0.1) is 0 Å². The minimum atomic E-state index is 0.252. The summed E-state index contributed by atoms with van der Waals surface area (Å²) >= 11 is 0. The van der Waals surface area contributed by atoms with Crippen molar-refractivity contribution in [2.24, 2.45) is 5.92 Å². The Bertz CT molecular complexity index is 189. The molecule has 0 heterocycles. The van der Waals surface area contributed by atoms with Crippen molar-refractivity contribution >= 4 is 5.78 Å². The molecule has 0 radical (unpaired) electrons. The van der Waals surface area contributed by atoms with E-state index in [4.69, 9.17) is 0 Å². The van der Waals surface area contributed by atoms with Crippen LogP contribution in [0, 0.1) is 5.92 Å². The van der Waals surface area contributed by atoms with Crippen molar-refractivity contribution in [1.82, 2.24) is 0 Å². The molecule has 0 fully saturated rings. The largest absolute Gasteiger partial charge is 0.295 e. The Morgan fingerprint density at radius 1 is 1.36 bits per heavy atom. The summed E-state index contributed by atoms with van der Waals surface area (Å²) in [5.41, 5.74) is 1.03. The van der Waals surface area contributed by atoms with E-state index >= 15 is 0 Å². The Balaban J connectivity index is 3.98. The van der Waals surface area contributed by atoms with Crippen molar-refractivity contribution < 1.29 is 4.79 Å². The van der Waals surface area contributed by atoms with Crippen LogP contribution in [0.15, 0.2) is 11.6 Å². The van der Waals surface area contributed by atoms with E-state index in [2.05, 4.69) is 26.8 Å². The van der Waals surface area contributed by atoms with Gasteiger partial charge in [0.25, 0.3) is 0 Å². The lowest BCUT2D eigenvalue weighted by Gasteiger charge is -2.04. The van der Waals surface area contributed by atoms with Gasteiger partial charge in [-0.15, -0.1) is 0 Å². The highest BCUT2D eigenvalue weighted by atomic mass is 16.1. The van der Waals surface area contributed by atoms with Gasteiger partial charge in [0.1, 0.15) is 0 Å². The van der Waals surface area contributed by atoms with Crippen LogP contribution in [-0.4, -0.2) is 5.78 Å². The molecule has 0 aliphatic rings. The van der Waals surface area contributed by atoms with Crippen LogP contribution in [-0.2, 0) is 4.79 Å². The van der Waals surface area contributed by atoms with E-state index in [9.17, 15) is 4.79 Å². The van der Waals surface area contributed by atoms with Gasteiger partial charge >= 0.3 is 0 Å². The summed E-state index contributed by atoms with van der Waals surface area (Å²) in [6.07, 6.45) is 7.63. The molecule has 0 aliphatic heterocycles. The van der Waals surface area contributed by atoms with Crippen molar-refractivity contribution in [2.75, 3.05) is 0 Å². The number of carbonyl (C=O) groups excluding carboxylic acids is 1. The Labute approximate surface area is 88.6 Å². The number of rotatable bonds is 7. The summed E-state index contributed by atoms with van der Waals surface area (Å²) in [7, 11) is 0. The van der Waals surface area contributed by atoms with Gasteiger partial charge in [0, 0.05) is 0 Å². The van der Waals surface area contributed by atoms with Crippen molar-refractivity contribution in [2.45, 2.75) is 59.8 Å². The highest BCUT2D eigenvalue weighted by Crippen LogP contribution is 2.12. The molecule has 0 rings (SSSR count). The first kappa shape index (κ1) is 13.4. The normalized spacial score (nSPS) is 12.2. The molecular formula is C13H24O. The van der Waals surface area contributed by atoms with Crippen LogP contribution >= 0.6 is 0 Å². The SMILES string of the molecule is CCCC/C(=C/CCC(C)C)C(C)=O. The first-order valence-corrected chi connectivity index (χ1v) is 5.77. The summed E-state index contributed by atoms with van der Waals surface area (Å²) in [5.74, 6) is 0.979. The average molecular weight is 196 g/mol. The van der Waals surface area contributed by atoms with Crippen molar-refractivity contribution in [3.8, 4) is 0 Å². The third-order valence-electron chi connectivity index (χ3n) is 2.39. The molecule has 0 saturated heterocycles. The van der Waals surface area contributed by atoms with Gasteiger partial charge in [-0.2, -0.15) is 0 Å². The molecule has 0 aromatic carbocycles. The molecule has 0 unspecified atom stereocenters. The van der Waals surface area contributed by atoms with Crippen LogP contribution in [0.5, 0.6) is 0 Å². The van der Waals surface area contributed by atoms with Crippen LogP contribution in [0.1, 0.15) is 59.8 Å².